The number of hydrogen-bond acceptors (Lipinski definition) is 3. The van der Waals surface area contributed by atoms with Gasteiger partial charge in [-0.1, -0.05) is 25.7 Å². The van der Waals surface area contributed by atoms with Crippen LogP contribution >= 0.6 is 35.7 Å². The molecule has 23 heavy (non-hydrogen) atoms. The fourth-order valence-corrected chi connectivity index (χ4v) is 5.18. The number of likely N-dealkylation sites (tertiary alicyclic amines) is 1. The molecule has 6 heteroatoms. The van der Waals surface area contributed by atoms with Crippen molar-refractivity contribution in [3.63, 3.8) is 0 Å². The van der Waals surface area contributed by atoms with Gasteiger partial charge in [0.05, 0.1) is 6.54 Å². The Balaban J connectivity index is 0.00000192. The van der Waals surface area contributed by atoms with Gasteiger partial charge in [0, 0.05) is 30.1 Å². The SMILES string of the molecule is I.NC(=NCC1(N2CCCCC2)CCCCC1)N1CCSCC1. The molecule has 2 N–H and O–H groups in total. The van der Waals surface area contributed by atoms with E-state index in [4.69, 9.17) is 10.7 Å². The van der Waals surface area contributed by atoms with Gasteiger partial charge in [-0.05, 0) is 38.8 Å². The van der Waals surface area contributed by atoms with Crippen molar-refractivity contribution in [2.45, 2.75) is 56.9 Å². The second-order valence-corrected chi connectivity index (χ2v) is 8.33. The number of hydrogen-bond donors (Lipinski definition) is 1. The summed E-state index contributed by atoms with van der Waals surface area (Å²) in [7, 11) is 0. The van der Waals surface area contributed by atoms with Gasteiger partial charge in [-0.2, -0.15) is 11.8 Å². The van der Waals surface area contributed by atoms with Crippen LogP contribution in [0.5, 0.6) is 0 Å². The van der Waals surface area contributed by atoms with E-state index in [9.17, 15) is 0 Å². The third-order valence-electron chi connectivity index (χ3n) is 5.68. The summed E-state index contributed by atoms with van der Waals surface area (Å²) < 4.78 is 0. The topological polar surface area (TPSA) is 44.9 Å². The Morgan fingerprint density at radius 3 is 2.17 bits per heavy atom. The minimum absolute atomic E-state index is 0. The normalized spacial score (nSPS) is 26.6. The van der Waals surface area contributed by atoms with E-state index in [1.807, 2.05) is 11.8 Å². The molecule has 0 radical (unpaired) electrons. The molecule has 3 rings (SSSR count). The Kier molecular flexibility index (Phi) is 8.28. The molecule has 1 aliphatic carbocycles. The molecule has 2 heterocycles. The molecule has 0 atom stereocenters. The zero-order valence-electron chi connectivity index (χ0n) is 14.3. The molecule has 1 saturated carbocycles. The lowest BCUT2D eigenvalue weighted by Crippen LogP contribution is -2.55. The molecule has 3 aliphatic rings. The van der Waals surface area contributed by atoms with E-state index in [2.05, 4.69) is 9.80 Å². The second kappa shape index (κ2) is 9.70. The summed E-state index contributed by atoms with van der Waals surface area (Å²) in [4.78, 5) is 9.93. The summed E-state index contributed by atoms with van der Waals surface area (Å²) in [6.07, 6.45) is 10.9. The van der Waals surface area contributed by atoms with Crippen LogP contribution < -0.4 is 5.73 Å². The zero-order valence-corrected chi connectivity index (χ0v) is 17.5. The maximum atomic E-state index is 6.30. The van der Waals surface area contributed by atoms with Gasteiger partial charge in [-0.3, -0.25) is 9.89 Å². The predicted octanol–water partition coefficient (Wildman–Crippen LogP) is 3.16. The monoisotopic (exact) mass is 452 g/mol. The van der Waals surface area contributed by atoms with Crippen LogP contribution in [-0.4, -0.2) is 65.5 Å². The first kappa shape index (κ1) is 19.6. The summed E-state index contributed by atoms with van der Waals surface area (Å²) >= 11 is 2.02. The smallest absolute Gasteiger partial charge is 0.191 e. The molecule has 2 saturated heterocycles. The van der Waals surface area contributed by atoms with Gasteiger partial charge in [0.15, 0.2) is 5.96 Å². The van der Waals surface area contributed by atoms with Crippen molar-refractivity contribution in [3.05, 3.63) is 0 Å². The van der Waals surface area contributed by atoms with E-state index in [0.29, 0.717) is 5.54 Å². The van der Waals surface area contributed by atoms with Crippen molar-refractivity contribution >= 4 is 41.7 Å². The van der Waals surface area contributed by atoms with Crippen molar-refractivity contribution in [2.24, 2.45) is 10.7 Å². The fraction of sp³-hybridized carbons (Fsp3) is 0.941. The number of rotatable bonds is 3. The Morgan fingerprint density at radius 2 is 1.52 bits per heavy atom. The van der Waals surface area contributed by atoms with Gasteiger partial charge in [0.25, 0.3) is 0 Å². The number of halogens is 1. The van der Waals surface area contributed by atoms with E-state index < -0.39 is 0 Å². The van der Waals surface area contributed by atoms with Crippen LogP contribution in [0.1, 0.15) is 51.4 Å². The summed E-state index contributed by atoms with van der Waals surface area (Å²) in [5.41, 5.74) is 6.62. The van der Waals surface area contributed by atoms with E-state index in [-0.39, 0.29) is 24.0 Å². The Hall–Kier alpha value is 0.310. The third kappa shape index (κ3) is 5.14. The average molecular weight is 452 g/mol. The standard InChI is InChI=1S/C17H32N4S.HI/c18-16(20-11-13-22-14-12-20)19-15-17(7-3-1-4-8-17)21-9-5-2-6-10-21;/h1-15H2,(H2,18,19);1H. The van der Waals surface area contributed by atoms with Gasteiger partial charge < -0.3 is 10.6 Å². The molecule has 0 aromatic rings. The van der Waals surface area contributed by atoms with E-state index in [1.54, 1.807) is 0 Å². The first-order valence-electron chi connectivity index (χ1n) is 9.18. The van der Waals surface area contributed by atoms with Crippen molar-refractivity contribution in [3.8, 4) is 0 Å². The van der Waals surface area contributed by atoms with Crippen molar-refractivity contribution < 1.29 is 0 Å². The van der Waals surface area contributed by atoms with Crippen molar-refractivity contribution in [2.75, 3.05) is 44.2 Å². The first-order chi connectivity index (χ1) is 10.8. The Morgan fingerprint density at radius 1 is 0.913 bits per heavy atom. The first-order valence-corrected chi connectivity index (χ1v) is 10.3. The largest absolute Gasteiger partial charge is 0.370 e. The van der Waals surface area contributed by atoms with Gasteiger partial charge in [0.1, 0.15) is 0 Å². The van der Waals surface area contributed by atoms with E-state index >= 15 is 0 Å². The molecule has 0 spiro atoms. The quantitative estimate of drug-likeness (QED) is 0.406. The van der Waals surface area contributed by atoms with E-state index in [0.717, 1.165) is 25.6 Å². The van der Waals surface area contributed by atoms with Crippen LogP contribution in [0.2, 0.25) is 0 Å². The molecule has 2 aliphatic heterocycles. The van der Waals surface area contributed by atoms with Gasteiger partial charge in [-0.25, -0.2) is 0 Å². The molecule has 0 amide bonds. The minimum Gasteiger partial charge on any atom is -0.370 e. The number of guanidine groups is 1. The molecule has 4 nitrogen and oxygen atoms in total. The van der Waals surface area contributed by atoms with Crippen LogP contribution in [0, 0.1) is 0 Å². The molecule has 0 bridgehead atoms. The fourth-order valence-electron chi connectivity index (χ4n) is 4.27. The van der Waals surface area contributed by atoms with Crippen molar-refractivity contribution in [1.82, 2.24) is 9.80 Å². The maximum absolute atomic E-state index is 6.30. The highest BCUT2D eigenvalue weighted by Gasteiger charge is 2.38. The summed E-state index contributed by atoms with van der Waals surface area (Å²) in [5, 5.41) is 0. The molecule has 0 unspecified atom stereocenters. The van der Waals surface area contributed by atoms with Gasteiger partial charge >= 0.3 is 0 Å². The highest BCUT2D eigenvalue weighted by atomic mass is 127. The lowest BCUT2D eigenvalue weighted by atomic mass is 9.79. The number of aliphatic imine (C=N–C) groups is 1. The van der Waals surface area contributed by atoms with Crippen molar-refractivity contribution in [1.29, 1.82) is 0 Å². The average Bonchev–Trinajstić information content (AvgIpc) is 2.62. The van der Waals surface area contributed by atoms with Crippen LogP contribution in [-0.2, 0) is 0 Å². The third-order valence-corrected chi connectivity index (χ3v) is 6.62. The summed E-state index contributed by atoms with van der Waals surface area (Å²) in [6, 6.07) is 0. The Labute approximate surface area is 163 Å². The highest BCUT2D eigenvalue weighted by molar-refractivity contribution is 14.0. The number of nitrogens with two attached hydrogens (primary N) is 1. The number of piperidine rings is 1. The molecule has 134 valence electrons. The van der Waals surface area contributed by atoms with Crippen LogP contribution in [0.3, 0.4) is 0 Å². The zero-order chi connectivity index (χ0) is 15.3. The second-order valence-electron chi connectivity index (χ2n) is 7.11. The van der Waals surface area contributed by atoms with Crippen LogP contribution in [0.25, 0.3) is 0 Å². The summed E-state index contributed by atoms with van der Waals surface area (Å²) in [5.74, 6) is 3.17. The molecular weight excluding hydrogens is 419 g/mol. The molecule has 0 aromatic carbocycles. The number of thioether (sulfide) groups is 1. The molecular formula is C17H33IN4S. The van der Waals surface area contributed by atoms with Crippen LogP contribution in [0.4, 0.5) is 0 Å². The minimum atomic E-state index is 0. The highest BCUT2D eigenvalue weighted by Crippen LogP contribution is 2.35. The van der Waals surface area contributed by atoms with E-state index in [1.165, 1.54) is 76.0 Å². The van der Waals surface area contributed by atoms with Gasteiger partial charge in [-0.15, -0.1) is 24.0 Å². The van der Waals surface area contributed by atoms with Gasteiger partial charge in [0.2, 0.25) is 0 Å². The molecule has 3 fully saturated rings. The predicted molar refractivity (Wildman–Crippen MR) is 112 cm³/mol. The summed E-state index contributed by atoms with van der Waals surface area (Å²) in [6.45, 7) is 5.60. The van der Waals surface area contributed by atoms with Crippen LogP contribution in [0.15, 0.2) is 4.99 Å². The maximum Gasteiger partial charge on any atom is 0.191 e. The number of nitrogens with zero attached hydrogens (tertiary/aromatic N) is 3. The Bertz CT molecular complexity index is 373. The molecule has 0 aromatic heterocycles. The lowest BCUT2D eigenvalue weighted by Gasteiger charge is -2.47. The lowest BCUT2D eigenvalue weighted by molar-refractivity contribution is 0.0406.